The molecule has 5 heteroatoms. The van der Waals surface area contributed by atoms with Crippen LogP contribution >= 0.6 is 24.0 Å². The zero-order chi connectivity index (χ0) is 12.6. The first-order chi connectivity index (χ1) is 8.86. The molecule has 0 unspecified atom stereocenters. The third kappa shape index (κ3) is 6.29. The monoisotopic (exact) mass is 380 g/mol. The van der Waals surface area contributed by atoms with Gasteiger partial charge in [0.1, 0.15) is 0 Å². The van der Waals surface area contributed by atoms with E-state index in [0.717, 1.165) is 32.1 Å². The number of piperidine rings is 1. The van der Waals surface area contributed by atoms with Gasteiger partial charge >= 0.3 is 0 Å². The minimum atomic E-state index is 0. The molecule has 2 fully saturated rings. The van der Waals surface area contributed by atoms with Crippen LogP contribution in [0, 0.1) is 0 Å². The van der Waals surface area contributed by atoms with Crippen LogP contribution in [0.2, 0.25) is 0 Å². The normalized spacial score (nSPS) is 22.7. The van der Waals surface area contributed by atoms with Crippen LogP contribution in [-0.4, -0.2) is 55.0 Å². The smallest absolute Gasteiger partial charge is 0.191 e. The van der Waals surface area contributed by atoms with Crippen LogP contribution in [-0.2, 0) is 0 Å². The van der Waals surface area contributed by atoms with Crippen LogP contribution in [0.3, 0.4) is 0 Å². The Labute approximate surface area is 134 Å². The molecule has 0 aliphatic carbocycles. The highest BCUT2D eigenvalue weighted by Gasteiger charge is 2.12. The van der Waals surface area contributed by atoms with Crippen molar-refractivity contribution >= 4 is 29.9 Å². The molecule has 112 valence electrons. The summed E-state index contributed by atoms with van der Waals surface area (Å²) in [5.74, 6) is 0.768. The first-order valence-electron chi connectivity index (χ1n) is 7.63. The van der Waals surface area contributed by atoms with Crippen molar-refractivity contribution in [2.45, 2.75) is 44.9 Å². The number of nitrogens with two attached hydrogens (primary N) is 1. The zero-order valence-corrected chi connectivity index (χ0v) is 14.3. The summed E-state index contributed by atoms with van der Waals surface area (Å²) in [6.07, 6.45) is 9.38. The molecule has 0 amide bonds. The molecule has 2 heterocycles. The van der Waals surface area contributed by atoms with E-state index < -0.39 is 0 Å². The van der Waals surface area contributed by atoms with E-state index in [4.69, 9.17) is 5.73 Å². The van der Waals surface area contributed by atoms with Crippen molar-refractivity contribution in [3.8, 4) is 0 Å². The molecule has 0 spiro atoms. The molecule has 0 bridgehead atoms. The largest absolute Gasteiger partial charge is 0.370 e. The van der Waals surface area contributed by atoms with Gasteiger partial charge < -0.3 is 15.5 Å². The molecule has 0 saturated carbocycles. The summed E-state index contributed by atoms with van der Waals surface area (Å²) in [6, 6.07) is 0. The molecule has 2 saturated heterocycles. The van der Waals surface area contributed by atoms with Crippen molar-refractivity contribution in [1.29, 1.82) is 0 Å². The standard InChI is InChI=1S/C14H28N4.HI/c15-14(18-11-6-3-7-12-18)16-8-13-17-9-4-1-2-5-10-17;/h1-13H2,(H2,15,16);1H. The molecule has 2 aliphatic rings. The SMILES string of the molecule is I.NC(=NCCN1CCCCCC1)N1CCCCC1. The third-order valence-corrected chi connectivity index (χ3v) is 4.07. The summed E-state index contributed by atoms with van der Waals surface area (Å²) in [5.41, 5.74) is 6.05. The van der Waals surface area contributed by atoms with Crippen molar-refractivity contribution < 1.29 is 0 Å². The fraction of sp³-hybridized carbons (Fsp3) is 0.929. The highest BCUT2D eigenvalue weighted by Crippen LogP contribution is 2.10. The molecule has 0 aromatic rings. The molecule has 0 aromatic heterocycles. The number of hydrogen-bond donors (Lipinski definition) is 1. The van der Waals surface area contributed by atoms with E-state index >= 15 is 0 Å². The quantitative estimate of drug-likeness (QED) is 0.464. The van der Waals surface area contributed by atoms with Crippen molar-refractivity contribution in [3.05, 3.63) is 0 Å². The molecule has 0 atom stereocenters. The fourth-order valence-electron chi connectivity index (χ4n) is 2.89. The zero-order valence-electron chi connectivity index (χ0n) is 12.0. The Kier molecular flexibility index (Phi) is 8.77. The van der Waals surface area contributed by atoms with Gasteiger partial charge in [-0.2, -0.15) is 0 Å². The van der Waals surface area contributed by atoms with Gasteiger partial charge in [0.2, 0.25) is 0 Å². The second-order valence-electron chi connectivity index (χ2n) is 5.54. The summed E-state index contributed by atoms with van der Waals surface area (Å²) >= 11 is 0. The number of likely N-dealkylation sites (tertiary alicyclic amines) is 2. The van der Waals surface area contributed by atoms with E-state index in [9.17, 15) is 0 Å². The Morgan fingerprint density at radius 2 is 1.37 bits per heavy atom. The van der Waals surface area contributed by atoms with Crippen molar-refractivity contribution in [3.63, 3.8) is 0 Å². The lowest BCUT2D eigenvalue weighted by atomic mass is 10.1. The molecule has 2 rings (SSSR count). The maximum absolute atomic E-state index is 6.05. The Bertz CT molecular complexity index is 256. The summed E-state index contributed by atoms with van der Waals surface area (Å²) in [5, 5.41) is 0. The van der Waals surface area contributed by atoms with E-state index in [1.807, 2.05) is 0 Å². The predicted octanol–water partition coefficient (Wildman–Crippen LogP) is 2.28. The van der Waals surface area contributed by atoms with Crippen LogP contribution < -0.4 is 5.73 Å². The highest BCUT2D eigenvalue weighted by molar-refractivity contribution is 14.0. The lowest BCUT2D eigenvalue weighted by molar-refractivity contribution is 0.291. The average molecular weight is 380 g/mol. The fourth-order valence-corrected chi connectivity index (χ4v) is 2.89. The predicted molar refractivity (Wildman–Crippen MR) is 92.2 cm³/mol. The van der Waals surface area contributed by atoms with Gasteiger partial charge in [-0.15, -0.1) is 24.0 Å². The molecular weight excluding hydrogens is 351 g/mol. The number of rotatable bonds is 3. The number of halogens is 1. The van der Waals surface area contributed by atoms with Crippen LogP contribution in [0.15, 0.2) is 4.99 Å². The van der Waals surface area contributed by atoms with Crippen molar-refractivity contribution in [2.75, 3.05) is 39.3 Å². The average Bonchev–Trinajstić information content (AvgIpc) is 2.68. The summed E-state index contributed by atoms with van der Waals surface area (Å²) in [6.45, 7) is 6.63. The van der Waals surface area contributed by atoms with Crippen LogP contribution in [0.1, 0.15) is 44.9 Å². The van der Waals surface area contributed by atoms with Gasteiger partial charge in [-0.25, -0.2) is 0 Å². The number of aliphatic imine (C=N–C) groups is 1. The second-order valence-corrected chi connectivity index (χ2v) is 5.54. The van der Waals surface area contributed by atoms with Gasteiger partial charge in [0, 0.05) is 19.6 Å². The van der Waals surface area contributed by atoms with E-state index in [1.165, 1.54) is 58.0 Å². The summed E-state index contributed by atoms with van der Waals surface area (Å²) in [7, 11) is 0. The molecular formula is C14H29IN4. The number of hydrogen-bond acceptors (Lipinski definition) is 2. The Hall–Kier alpha value is -0.0400. The van der Waals surface area contributed by atoms with E-state index in [1.54, 1.807) is 0 Å². The van der Waals surface area contributed by atoms with Crippen molar-refractivity contribution in [2.24, 2.45) is 10.7 Å². The Balaban J connectivity index is 0.00000180. The third-order valence-electron chi connectivity index (χ3n) is 4.07. The Morgan fingerprint density at radius 1 is 0.842 bits per heavy atom. The van der Waals surface area contributed by atoms with Gasteiger partial charge in [0.25, 0.3) is 0 Å². The number of guanidine groups is 1. The lowest BCUT2D eigenvalue weighted by Gasteiger charge is -2.27. The van der Waals surface area contributed by atoms with Crippen LogP contribution in [0.4, 0.5) is 0 Å². The molecule has 0 aromatic carbocycles. The minimum absolute atomic E-state index is 0. The second kappa shape index (κ2) is 9.80. The van der Waals surface area contributed by atoms with Crippen LogP contribution in [0.25, 0.3) is 0 Å². The molecule has 19 heavy (non-hydrogen) atoms. The van der Waals surface area contributed by atoms with Crippen molar-refractivity contribution in [1.82, 2.24) is 9.80 Å². The first-order valence-corrected chi connectivity index (χ1v) is 7.63. The molecule has 4 nitrogen and oxygen atoms in total. The molecule has 2 N–H and O–H groups in total. The first kappa shape index (κ1) is 17.0. The maximum atomic E-state index is 6.05. The lowest BCUT2D eigenvalue weighted by Crippen LogP contribution is -2.41. The van der Waals surface area contributed by atoms with E-state index in [0.29, 0.717) is 0 Å². The maximum Gasteiger partial charge on any atom is 0.191 e. The van der Waals surface area contributed by atoms with E-state index in [2.05, 4.69) is 14.8 Å². The molecule has 2 aliphatic heterocycles. The van der Waals surface area contributed by atoms with Gasteiger partial charge in [0.05, 0.1) is 6.54 Å². The summed E-state index contributed by atoms with van der Waals surface area (Å²) < 4.78 is 0. The highest BCUT2D eigenvalue weighted by atomic mass is 127. The van der Waals surface area contributed by atoms with Gasteiger partial charge in [-0.05, 0) is 45.2 Å². The molecule has 0 radical (unpaired) electrons. The Morgan fingerprint density at radius 3 is 2.00 bits per heavy atom. The topological polar surface area (TPSA) is 44.9 Å². The van der Waals surface area contributed by atoms with Gasteiger partial charge in [0.15, 0.2) is 5.96 Å². The number of nitrogens with zero attached hydrogens (tertiary/aromatic N) is 3. The van der Waals surface area contributed by atoms with Crippen LogP contribution in [0.5, 0.6) is 0 Å². The van der Waals surface area contributed by atoms with Gasteiger partial charge in [-0.3, -0.25) is 4.99 Å². The van der Waals surface area contributed by atoms with Gasteiger partial charge in [-0.1, -0.05) is 12.8 Å². The minimum Gasteiger partial charge on any atom is -0.370 e. The summed E-state index contributed by atoms with van der Waals surface area (Å²) in [4.78, 5) is 9.33. The van der Waals surface area contributed by atoms with E-state index in [-0.39, 0.29) is 24.0 Å².